The second-order valence-corrected chi connectivity index (χ2v) is 7.35. The standard InChI is InChI=1S/C20H13ClN4O2S/c21-14-9-13(19(26)24-15(10-22)17-7-4-8-28-17)18-23-16(11-25(18)20(14)27)12-5-2-1-3-6-12/h1-9,11,15,27H,(H,24,26). The second-order valence-electron chi connectivity index (χ2n) is 5.97. The van der Waals surface area contributed by atoms with E-state index < -0.39 is 11.9 Å². The van der Waals surface area contributed by atoms with Crippen molar-refractivity contribution in [3.05, 3.63) is 75.6 Å². The summed E-state index contributed by atoms with van der Waals surface area (Å²) in [5, 5.41) is 24.3. The number of nitrogens with zero attached hydrogens (tertiary/aromatic N) is 3. The molecule has 1 unspecified atom stereocenters. The average Bonchev–Trinajstić information content (AvgIpc) is 3.39. The minimum Gasteiger partial charge on any atom is -0.493 e. The molecule has 0 saturated carbocycles. The van der Waals surface area contributed by atoms with Gasteiger partial charge < -0.3 is 10.4 Å². The van der Waals surface area contributed by atoms with Gasteiger partial charge in [0.05, 0.1) is 17.3 Å². The fourth-order valence-electron chi connectivity index (χ4n) is 2.85. The zero-order valence-corrected chi connectivity index (χ0v) is 15.9. The molecule has 4 aromatic rings. The molecule has 28 heavy (non-hydrogen) atoms. The predicted octanol–water partition coefficient (Wildman–Crippen LogP) is 4.42. The number of fused-ring (bicyclic) bond motifs is 1. The first-order chi connectivity index (χ1) is 13.6. The first-order valence-electron chi connectivity index (χ1n) is 8.28. The number of hydrogen-bond donors (Lipinski definition) is 2. The van der Waals surface area contributed by atoms with E-state index in [1.165, 1.54) is 21.8 Å². The van der Waals surface area contributed by atoms with Crippen LogP contribution in [0.1, 0.15) is 21.3 Å². The van der Waals surface area contributed by atoms with Gasteiger partial charge >= 0.3 is 0 Å². The molecule has 3 heterocycles. The van der Waals surface area contributed by atoms with Crippen molar-refractivity contribution in [3.8, 4) is 23.2 Å². The van der Waals surface area contributed by atoms with Crippen molar-refractivity contribution in [1.82, 2.24) is 14.7 Å². The Bertz CT molecular complexity index is 1200. The number of aromatic hydroxyl groups is 1. The molecule has 1 amide bonds. The predicted molar refractivity (Wildman–Crippen MR) is 107 cm³/mol. The Labute approximate surface area is 169 Å². The zero-order valence-electron chi connectivity index (χ0n) is 14.3. The molecule has 1 aromatic carbocycles. The monoisotopic (exact) mass is 408 g/mol. The number of nitrogens with one attached hydrogen (secondary N) is 1. The summed E-state index contributed by atoms with van der Waals surface area (Å²) >= 11 is 7.50. The number of pyridine rings is 1. The highest BCUT2D eigenvalue weighted by Gasteiger charge is 2.22. The Morgan fingerprint density at radius 2 is 2.07 bits per heavy atom. The molecule has 0 aliphatic carbocycles. The van der Waals surface area contributed by atoms with Crippen LogP contribution >= 0.6 is 22.9 Å². The lowest BCUT2D eigenvalue weighted by Crippen LogP contribution is -2.27. The van der Waals surface area contributed by atoms with E-state index in [1.807, 2.05) is 41.8 Å². The van der Waals surface area contributed by atoms with Crippen LogP contribution in [-0.4, -0.2) is 20.4 Å². The summed E-state index contributed by atoms with van der Waals surface area (Å²) in [6, 6.07) is 15.6. The maximum absolute atomic E-state index is 12.9. The number of aromatic nitrogens is 2. The Hall–Kier alpha value is -3.34. The number of amides is 1. The third-order valence-electron chi connectivity index (χ3n) is 4.21. The number of imidazole rings is 1. The van der Waals surface area contributed by atoms with E-state index in [1.54, 1.807) is 12.3 Å². The maximum Gasteiger partial charge on any atom is 0.256 e. The molecular formula is C20H13ClN4O2S. The molecule has 4 rings (SSSR count). The molecule has 0 aliphatic heterocycles. The molecule has 0 spiro atoms. The van der Waals surface area contributed by atoms with E-state index >= 15 is 0 Å². The van der Waals surface area contributed by atoms with E-state index in [2.05, 4.69) is 16.4 Å². The van der Waals surface area contributed by atoms with E-state index in [4.69, 9.17) is 11.6 Å². The van der Waals surface area contributed by atoms with Crippen molar-refractivity contribution in [3.63, 3.8) is 0 Å². The number of benzene rings is 1. The molecule has 6 nitrogen and oxygen atoms in total. The highest BCUT2D eigenvalue weighted by Crippen LogP contribution is 2.31. The fourth-order valence-corrected chi connectivity index (χ4v) is 3.77. The maximum atomic E-state index is 12.9. The van der Waals surface area contributed by atoms with Crippen LogP contribution in [-0.2, 0) is 0 Å². The lowest BCUT2D eigenvalue weighted by Gasteiger charge is -2.11. The molecule has 0 radical (unpaired) electrons. The van der Waals surface area contributed by atoms with Crippen LogP contribution in [0.4, 0.5) is 0 Å². The van der Waals surface area contributed by atoms with Gasteiger partial charge in [-0.05, 0) is 17.5 Å². The first-order valence-corrected chi connectivity index (χ1v) is 9.54. The molecule has 0 bridgehead atoms. The molecule has 8 heteroatoms. The van der Waals surface area contributed by atoms with Gasteiger partial charge in [0, 0.05) is 16.6 Å². The Kier molecular flexibility index (Phi) is 4.74. The van der Waals surface area contributed by atoms with Gasteiger partial charge in [-0.2, -0.15) is 5.26 Å². The van der Waals surface area contributed by atoms with Gasteiger partial charge in [-0.15, -0.1) is 11.3 Å². The molecule has 1 atom stereocenters. The van der Waals surface area contributed by atoms with Crippen molar-refractivity contribution < 1.29 is 9.90 Å². The summed E-state index contributed by atoms with van der Waals surface area (Å²) in [5.74, 6) is -0.713. The summed E-state index contributed by atoms with van der Waals surface area (Å²) in [4.78, 5) is 18.1. The number of nitriles is 1. The van der Waals surface area contributed by atoms with E-state index in [-0.39, 0.29) is 22.1 Å². The Morgan fingerprint density at radius 3 is 2.75 bits per heavy atom. The number of thiophene rings is 1. The van der Waals surface area contributed by atoms with Gasteiger partial charge in [0.15, 0.2) is 11.7 Å². The Balaban J connectivity index is 1.78. The largest absolute Gasteiger partial charge is 0.493 e. The minimum atomic E-state index is -0.788. The average molecular weight is 409 g/mol. The topological polar surface area (TPSA) is 90.4 Å². The van der Waals surface area contributed by atoms with Crippen LogP contribution in [0.15, 0.2) is 60.1 Å². The van der Waals surface area contributed by atoms with E-state index in [9.17, 15) is 15.2 Å². The van der Waals surface area contributed by atoms with Crippen LogP contribution in [0.25, 0.3) is 16.9 Å². The van der Waals surface area contributed by atoms with Crippen molar-refractivity contribution in [2.75, 3.05) is 0 Å². The number of rotatable bonds is 4. The van der Waals surface area contributed by atoms with Crippen molar-refractivity contribution in [1.29, 1.82) is 5.26 Å². The summed E-state index contributed by atoms with van der Waals surface area (Å²) in [6.45, 7) is 0. The van der Waals surface area contributed by atoms with Crippen LogP contribution in [0, 0.1) is 11.3 Å². The highest BCUT2D eigenvalue weighted by molar-refractivity contribution is 7.10. The molecular weight excluding hydrogens is 396 g/mol. The van der Waals surface area contributed by atoms with E-state index in [0.717, 1.165) is 10.4 Å². The summed E-state index contributed by atoms with van der Waals surface area (Å²) < 4.78 is 1.37. The fraction of sp³-hybridized carbons (Fsp3) is 0.0500. The Morgan fingerprint density at radius 1 is 1.29 bits per heavy atom. The van der Waals surface area contributed by atoms with Crippen LogP contribution in [0.2, 0.25) is 5.02 Å². The van der Waals surface area contributed by atoms with Gasteiger partial charge in [-0.3, -0.25) is 9.20 Å². The number of halogens is 1. The molecule has 2 N–H and O–H groups in total. The van der Waals surface area contributed by atoms with Crippen molar-refractivity contribution >= 4 is 34.5 Å². The van der Waals surface area contributed by atoms with Gasteiger partial charge in [0.25, 0.3) is 5.91 Å². The summed E-state index contributed by atoms with van der Waals surface area (Å²) in [5.41, 5.74) is 1.84. The first kappa shape index (κ1) is 18.0. The normalized spacial score (nSPS) is 11.9. The highest BCUT2D eigenvalue weighted by atomic mass is 35.5. The SMILES string of the molecule is N#CC(NC(=O)c1cc(Cl)c(O)n2cc(-c3ccccc3)nc12)c1cccs1. The number of hydrogen-bond acceptors (Lipinski definition) is 5. The van der Waals surface area contributed by atoms with Gasteiger partial charge in [-0.25, -0.2) is 4.98 Å². The second kappa shape index (κ2) is 7.35. The molecule has 138 valence electrons. The van der Waals surface area contributed by atoms with E-state index in [0.29, 0.717) is 5.69 Å². The van der Waals surface area contributed by atoms with Gasteiger partial charge in [0.1, 0.15) is 5.02 Å². The molecule has 0 saturated heterocycles. The smallest absolute Gasteiger partial charge is 0.256 e. The number of carbonyl (C=O) groups excluding carboxylic acids is 1. The lowest BCUT2D eigenvalue weighted by molar-refractivity contribution is 0.0946. The number of carbonyl (C=O) groups is 1. The van der Waals surface area contributed by atoms with Crippen molar-refractivity contribution in [2.45, 2.75) is 6.04 Å². The quantitative estimate of drug-likeness (QED) is 0.523. The van der Waals surface area contributed by atoms with Gasteiger partial charge in [0.2, 0.25) is 5.88 Å². The van der Waals surface area contributed by atoms with Crippen LogP contribution in [0.5, 0.6) is 5.88 Å². The third-order valence-corrected chi connectivity index (χ3v) is 5.42. The lowest BCUT2D eigenvalue weighted by atomic mass is 10.2. The summed E-state index contributed by atoms with van der Waals surface area (Å²) in [6.07, 6.45) is 1.61. The third kappa shape index (κ3) is 3.20. The summed E-state index contributed by atoms with van der Waals surface area (Å²) in [7, 11) is 0. The molecule has 3 aromatic heterocycles. The van der Waals surface area contributed by atoms with Gasteiger partial charge in [-0.1, -0.05) is 48.0 Å². The minimum absolute atomic E-state index is 0.0132. The van der Waals surface area contributed by atoms with Crippen LogP contribution in [0.3, 0.4) is 0 Å². The zero-order chi connectivity index (χ0) is 19.7. The van der Waals surface area contributed by atoms with Crippen LogP contribution < -0.4 is 5.32 Å². The van der Waals surface area contributed by atoms with Crippen molar-refractivity contribution in [2.24, 2.45) is 0 Å². The molecule has 0 aliphatic rings. The molecule has 0 fully saturated rings.